The molecular weight excluding hydrogens is 361 g/mol. The highest BCUT2D eigenvalue weighted by Gasteiger charge is 2.11. The van der Waals surface area contributed by atoms with Crippen molar-refractivity contribution in [3.8, 4) is 10.6 Å². The molecule has 3 rings (SSSR count). The van der Waals surface area contributed by atoms with Gasteiger partial charge in [-0.25, -0.2) is 19.6 Å². The predicted octanol–water partition coefficient (Wildman–Crippen LogP) is 2.64. The Balaban J connectivity index is 1.49. The van der Waals surface area contributed by atoms with Crippen LogP contribution in [0.4, 0.5) is 15.0 Å². The number of rotatable bonds is 4. The fraction of sp³-hybridized carbons (Fsp3) is 0.125. The highest BCUT2D eigenvalue weighted by atomic mass is 32.1. The number of thiazole rings is 1. The van der Waals surface area contributed by atoms with Crippen LogP contribution in [0, 0.1) is 12.7 Å². The zero-order chi connectivity index (χ0) is 18.5. The van der Waals surface area contributed by atoms with Crippen LogP contribution in [-0.2, 0) is 11.2 Å². The Morgan fingerprint density at radius 2 is 2.00 bits per heavy atom. The molecule has 2 heterocycles. The van der Waals surface area contributed by atoms with Crippen molar-refractivity contribution in [3.63, 3.8) is 0 Å². The van der Waals surface area contributed by atoms with E-state index in [0.29, 0.717) is 16.5 Å². The maximum Gasteiger partial charge on any atom is 0.339 e. The van der Waals surface area contributed by atoms with Gasteiger partial charge in [0.15, 0.2) is 5.82 Å². The van der Waals surface area contributed by atoms with Gasteiger partial charge in [0.25, 0.3) is 0 Å². The molecule has 2 aromatic heterocycles. The molecule has 0 aliphatic carbocycles. The van der Waals surface area contributed by atoms with Crippen LogP contribution in [-0.4, -0.2) is 22.1 Å². The number of benzene rings is 1. The molecule has 10 heteroatoms. The number of halogens is 1. The van der Waals surface area contributed by atoms with Gasteiger partial charge in [0.1, 0.15) is 16.6 Å². The maximum atomic E-state index is 12.9. The summed E-state index contributed by atoms with van der Waals surface area (Å²) >= 11 is 1.35. The first-order chi connectivity index (χ1) is 12.5. The number of urea groups is 1. The van der Waals surface area contributed by atoms with Crippen LogP contribution >= 0.6 is 11.3 Å². The summed E-state index contributed by atoms with van der Waals surface area (Å²) < 4.78 is 17.8. The number of anilines is 1. The minimum absolute atomic E-state index is 0.0129. The lowest BCUT2D eigenvalue weighted by Crippen LogP contribution is -2.44. The van der Waals surface area contributed by atoms with Crippen molar-refractivity contribution in [3.05, 3.63) is 53.0 Å². The highest BCUT2D eigenvalue weighted by molar-refractivity contribution is 7.13. The number of hydrazine groups is 1. The first kappa shape index (κ1) is 17.5. The SMILES string of the molecule is Cc1cc(NC(=O)NNC(=O)Cc2csc(-c3ccc(F)cc3)n2)no1. The minimum Gasteiger partial charge on any atom is -0.360 e. The molecule has 134 valence electrons. The van der Waals surface area contributed by atoms with Gasteiger partial charge in [0.05, 0.1) is 12.1 Å². The molecule has 8 nitrogen and oxygen atoms in total. The topological polar surface area (TPSA) is 109 Å². The summed E-state index contributed by atoms with van der Waals surface area (Å²) in [6, 6.07) is 6.82. The van der Waals surface area contributed by atoms with Crippen LogP contribution in [0.2, 0.25) is 0 Å². The highest BCUT2D eigenvalue weighted by Crippen LogP contribution is 2.24. The zero-order valence-corrected chi connectivity index (χ0v) is 14.4. The molecule has 0 unspecified atom stereocenters. The molecule has 3 N–H and O–H groups in total. The first-order valence-corrected chi connectivity index (χ1v) is 8.37. The van der Waals surface area contributed by atoms with Crippen LogP contribution in [0.1, 0.15) is 11.5 Å². The van der Waals surface area contributed by atoms with Crippen LogP contribution in [0.25, 0.3) is 10.6 Å². The second-order valence-corrected chi connectivity index (χ2v) is 6.14. The van der Waals surface area contributed by atoms with E-state index >= 15 is 0 Å². The monoisotopic (exact) mass is 375 g/mol. The Labute approximate surface area is 151 Å². The average Bonchev–Trinajstić information content (AvgIpc) is 3.23. The van der Waals surface area contributed by atoms with Crippen LogP contribution in [0.5, 0.6) is 0 Å². The molecule has 0 aliphatic heterocycles. The lowest BCUT2D eigenvalue weighted by Gasteiger charge is -2.06. The fourth-order valence-corrected chi connectivity index (χ4v) is 2.85. The third kappa shape index (κ3) is 4.63. The van der Waals surface area contributed by atoms with Crippen LogP contribution < -0.4 is 16.2 Å². The fourth-order valence-electron chi connectivity index (χ4n) is 2.02. The molecule has 26 heavy (non-hydrogen) atoms. The molecule has 0 bridgehead atoms. The molecule has 0 fully saturated rings. The second kappa shape index (κ2) is 7.74. The van der Waals surface area contributed by atoms with E-state index in [2.05, 4.69) is 26.3 Å². The number of hydrogen-bond donors (Lipinski definition) is 3. The molecule has 1 aromatic carbocycles. The zero-order valence-electron chi connectivity index (χ0n) is 13.6. The van der Waals surface area contributed by atoms with E-state index in [1.54, 1.807) is 24.4 Å². The average molecular weight is 375 g/mol. The van der Waals surface area contributed by atoms with Gasteiger partial charge in [0, 0.05) is 17.0 Å². The summed E-state index contributed by atoms with van der Waals surface area (Å²) in [5.74, 6) is 0.0185. The van der Waals surface area contributed by atoms with E-state index < -0.39 is 11.9 Å². The lowest BCUT2D eigenvalue weighted by molar-refractivity contribution is -0.121. The van der Waals surface area contributed by atoms with Crippen molar-refractivity contribution in [2.24, 2.45) is 0 Å². The Morgan fingerprint density at radius 1 is 1.23 bits per heavy atom. The molecular formula is C16H14FN5O3S. The third-order valence-corrected chi connectivity index (χ3v) is 4.11. The minimum atomic E-state index is -0.656. The summed E-state index contributed by atoms with van der Waals surface area (Å²) in [6.45, 7) is 1.69. The van der Waals surface area contributed by atoms with Gasteiger partial charge in [0.2, 0.25) is 5.91 Å². The number of hydrogen-bond acceptors (Lipinski definition) is 6. The summed E-state index contributed by atoms with van der Waals surface area (Å²) in [6.07, 6.45) is -0.0129. The van der Waals surface area contributed by atoms with E-state index in [1.165, 1.54) is 29.5 Å². The Bertz CT molecular complexity index is 922. The van der Waals surface area contributed by atoms with Crippen LogP contribution in [0.15, 0.2) is 40.2 Å². The van der Waals surface area contributed by atoms with Gasteiger partial charge in [-0.2, -0.15) is 0 Å². The Morgan fingerprint density at radius 3 is 2.69 bits per heavy atom. The second-order valence-electron chi connectivity index (χ2n) is 5.28. The first-order valence-electron chi connectivity index (χ1n) is 7.49. The normalized spacial score (nSPS) is 10.4. The van der Waals surface area contributed by atoms with Crippen molar-refractivity contribution in [2.75, 3.05) is 5.32 Å². The maximum absolute atomic E-state index is 12.9. The summed E-state index contributed by atoms with van der Waals surface area (Å²) in [5.41, 5.74) is 5.79. The summed E-state index contributed by atoms with van der Waals surface area (Å²) in [4.78, 5) is 27.9. The van der Waals surface area contributed by atoms with E-state index in [9.17, 15) is 14.0 Å². The molecule has 0 spiro atoms. The van der Waals surface area contributed by atoms with Gasteiger partial charge >= 0.3 is 6.03 Å². The summed E-state index contributed by atoms with van der Waals surface area (Å²) in [5, 5.41) is 8.41. The van der Waals surface area contributed by atoms with Gasteiger partial charge < -0.3 is 4.52 Å². The molecule has 0 radical (unpaired) electrons. The van der Waals surface area contributed by atoms with Gasteiger partial charge in [-0.1, -0.05) is 5.16 Å². The lowest BCUT2D eigenvalue weighted by atomic mass is 10.2. The van der Waals surface area contributed by atoms with E-state index in [1.807, 2.05) is 0 Å². The molecule has 3 aromatic rings. The van der Waals surface area contributed by atoms with Gasteiger partial charge in [-0.15, -0.1) is 11.3 Å². The van der Waals surface area contributed by atoms with Crippen molar-refractivity contribution in [1.82, 2.24) is 21.0 Å². The van der Waals surface area contributed by atoms with Crippen molar-refractivity contribution in [1.29, 1.82) is 0 Å². The quantitative estimate of drug-likeness (QED) is 0.608. The van der Waals surface area contributed by atoms with E-state index in [0.717, 1.165) is 5.56 Å². The number of aromatic nitrogens is 2. The van der Waals surface area contributed by atoms with Crippen molar-refractivity contribution in [2.45, 2.75) is 13.3 Å². The number of nitrogens with one attached hydrogen (secondary N) is 3. The van der Waals surface area contributed by atoms with Crippen molar-refractivity contribution < 1.29 is 18.5 Å². The van der Waals surface area contributed by atoms with E-state index in [4.69, 9.17) is 4.52 Å². The molecule has 0 saturated heterocycles. The number of amides is 3. The standard InChI is InChI=1S/C16H14FN5O3S/c1-9-6-13(22-25-9)19-16(24)21-20-14(23)7-12-8-26-15(18-12)10-2-4-11(17)5-3-10/h2-6,8H,7H2,1H3,(H,20,23)(H2,19,21,22,24). The Kier molecular flexibility index (Phi) is 5.23. The molecule has 0 atom stereocenters. The van der Waals surface area contributed by atoms with Gasteiger partial charge in [-0.3, -0.25) is 15.5 Å². The molecule has 3 amide bonds. The molecule has 0 aliphatic rings. The smallest absolute Gasteiger partial charge is 0.339 e. The number of nitrogens with zero attached hydrogens (tertiary/aromatic N) is 2. The number of carbonyl (C=O) groups excluding carboxylic acids is 2. The van der Waals surface area contributed by atoms with Crippen LogP contribution in [0.3, 0.4) is 0 Å². The Hall–Kier alpha value is -3.27. The van der Waals surface area contributed by atoms with Gasteiger partial charge in [-0.05, 0) is 31.2 Å². The predicted molar refractivity (Wildman–Crippen MR) is 92.7 cm³/mol. The van der Waals surface area contributed by atoms with E-state index in [-0.39, 0.29) is 18.1 Å². The number of carbonyl (C=O) groups is 2. The number of aryl methyl sites for hydroxylation is 1. The third-order valence-electron chi connectivity index (χ3n) is 3.17. The summed E-state index contributed by atoms with van der Waals surface area (Å²) in [7, 11) is 0. The van der Waals surface area contributed by atoms with Crippen molar-refractivity contribution >= 4 is 29.1 Å². The largest absolute Gasteiger partial charge is 0.360 e. The molecule has 0 saturated carbocycles.